The van der Waals surface area contributed by atoms with Crippen LogP contribution in [-0.4, -0.2) is 16.7 Å². The summed E-state index contributed by atoms with van der Waals surface area (Å²) in [5.41, 5.74) is 0.656. The lowest BCUT2D eigenvalue weighted by molar-refractivity contribution is -0.156. The van der Waals surface area contributed by atoms with E-state index in [1.54, 1.807) is 0 Å². The molecular formula is C13H15BrO3. The standard InChI is InChI=1S/C13H15BrO3/c14-11-4-2-10(3-5-11)9-17-13(6-1-7-13)8-12(15)16/h2-5H,1,6-9H2,(H,15,16). The minimum atomic E-state index is -0.777. The summed E-state index contributed by atoms with van der Waals surface area (Å²) >= 11 is 3.38. The molecule has 0 amide bonds. The largest absolute Gasteiger partial charge is 0.481 e. The Kier molecular flexibility index (Phi) is 3.84. The van der Waals surface area contributed by atoms with E-state index in [1.165, 1.54) is 0 Å². The van der Waals surface area contributed by atoms with Crippen molar-refractivity contribution in [1.29, 1.82) is 0 Å². The third-order valence-electron chi connectivity index (χ3n) is 3.20. The van der Waals surface area contributed by atoms with Gasteiger partial charge in [0.05, 0.1) is 18.6 Å². The maximum Gasteiger partial charge on any atom is 0.306 e. The second-order valence-electron chi connectivity index (χ2n) is 4.52. The number of carboxylic acids is 1. The summed E-state index contributed by atoms with van der Waals surface area (Å²) < 4.78 is 6.84. The van der Waals surface area contributed by atoms with Crippen molar-refractivity contribution in [3.63, 3.8) is 0 Å². The first-order valence-electron chi connectivity index (χ1n) is 5.70. The molecule has 1 fully saturated rings. The van der Waals surface area contributed by atoms with E-state index < -0.39 is 11.6 Å². The zero-order valence-corrected chi connectivity index (χ0v) is 11.1. The van der Waals surface area contributed by atoms with Crippen LogP contribution in [0.3, 0.4) is 0 Å². The van der Waals surface area contributed by atoms with Crippen LogP contribution in [0.2, 0.25) is 0 Å². The molecule has 0 spiro atoms. The van der Waals surface area contributed by atoms with Gasteiger partial charge in [-0.2, -0.15) is 0 Å². The van der Waals surface area contributed by atoms with Crippen molar-refractivity contribution in [3.8, 4) is 0 Å². The fourth-order valence-electron chi connectivity index (χ4n) is 2.04. The number of ether oxygens (including phenoxy) is 1. The molecule has 1 aromatic carbocycles. The summed E-state index contributed by atoms with van der Waals surface area (Å²) in [6, 6.07) is 7.89. The Bertz CT molecular complexity index is 396. The average Bonchev–Trinajstić information content (AvgIpc) is 2.23. The summed E-state index contributed by atoms with van der Waals surface area (Å²) in [6.07, 6.45) is 2.89. The Balaban J connectivity index is 1.92. The van der Waals surface area contributed by atoms with E-state index in [0.717, 1.165) is 29.3 Å². The normalized spacial score (nSPS) is 17.5. The first-order chi connectivity index (χ1) is 8.10. The molecule has 92 valence electrons. The van der Waals surface area contributed by atoms with Crippen LogP contribution < -0.4 is 0 Å². The van der Waals surface area contributed by atoms with E-state index in [9.17, 15) is 4.79 Å². The summed E-state index contributed by atoms with van der Waals surface area (Å²) in [4.78, 5) is 10.8. The Morgan fingerprint density at radius 3 is 2.47 bits per heavy atom. The highest BCUT2D eigenvalue weighted by Crippen LogP contribution is 2.39. The van der Waals surface area contributed by atoms with Gasteiger partial charge in [-0.3, -0.25) is 4.79 Å². The van der Waals surface area contributed by atoms with Crippen molar-refractivity contribution >= 4 is 21.9 Å². The van der Waals surface area contributed by atoms with E-state index in [0.29, 0.717) is 6.61 Å². The Morgan fingerprint density at radius 2 is 2.00 bits per heavy atom. The quantitative estimate of drug-likeness (QED) is 0.907. The minimum absolute atomic E-state index is 0.115. The SMILES string of the molecule is O=C(O)CC1(OCc2ccc(Br)cc2)CCC1. The molecule has 4 heteroatoms. The van der Waals surface area contributed by atoms with Gasteiger partial charge in [-0.05, 0) is 37.0 Å². The highest BCUT2D eigenvalue weighted by atomic mass is 79.9. The molecule has 2 rings (SSSR count). The van der Waals surface area contributed by atoms with Crippen LogP contribution in [0.4, 0.5) is 0 Å². The maximum atomic E-state index is 10.8. The number of halogens is 1. The molecule has 1 aromatic rings. The maximum absolute atomic E-state index is 10.8. The van der Waals surface area contributed by atoms with Gasteiger partial charge in [0, 0.05) is 4.47 Å². The molecular weight excluding hydrogens is 284 g/mol. The monoisotopic (exact) mass is 298 g/mol. The highest BCUT2D eigenvalue weighted by Gasteiger charge is 2.40. The molecule has 0 bridgehead atoms. The van der Waals surface area contributed by atoms with E-state index in [2.05, 4.69) is 15.9 Å². The molecule has 0 aromatic heterocycles. The van der Waals surface area contributed by atoms with Crippen LogP contribution in [0.1, 0.15) is 31.2 Å². The molecule has 0 heterocycles. The van der Waals surface area contributed by atoms with E-state index in [-0.39, 0.29) is 6.42 Å². The van der Waals surface area contributed by atoms with Gasteiger partial charge < -0.3 is 9.84 Å². The van der Waals surface area contributed by atoms with Gasteiger partial charge in [0.1, 0.15) is 0 Å². The summed E-state index contributed by atoms with van der Waals surface area (Å²) in [6.45, 7) is 0.487. The lowest BCUT2D eigenvalue weighted by Gasteiger charge is -2.40. The fourth-order valence-corrected chi connectivity index (χ4v) is 2.30. The molecule has 0 saturated heterocycles. The van der Waals surface area contributed by atoms with Crippen molar-refractivity contribution in [2.45, 2.75) is 37.9 Å². The number of carbonyl (C=O) groups is 1. The number of hydrogen-bond donors (Lipinski definition) is 1. The second-order valence-corrected chi connectivity index (χ2v) is 5.44. The average molecular weight is 299 g/mol. The van der Waals surface area contributed by atoms with Crippen LogP contribution >= 0.6 is 15.9 Å². The summed E-state index contributed by atoms with van der Waals surface area (Å²) in [7, 11) is 0. The lowest BCUT2D eigenvalue weighted by atomic mass is 9.77. The van der Waals surface area contributed by atoms with Crippen molar-refractivity contribution in [2.75, 3.05) is 0 Å². The third-order valence-corrected chi connectivity index (χ3v) is 3.73. The zero-order chi connectivity index (χ0) is 12.3. The van der Waals surface area contributed by atoms with Crippen LogP contribution in [0.25, 0.3) is 0 Å². The van der Waals surface area contributed by atoms with Gasteiger partial charge in [0.2, 0.25) is 0 Å². The number of benzene rings is 1. The van der Waals surface area contributed by atoms with Crippen LogP contribution in [0, 0.1) is 0 Å². The first kappa shape index (κ1) is 12.6. The van der Waals surface area contributed by atoms with Gasteiger partial charge in [-0.25, -0.2) is 0 Å². The lowest BCUT2D eigenvalue weighted by Crippen LogP contribution is -2.42. The Hall–Kier alpha value is -0.870. The summed E-state index contributed by atoms with van der Waals surface area (Å²) in [5.74, 6) is -0.777. The van der Waals surface area contributed by atoms with Gasteiger partial charge in [0.15, 0.2) is 0 Å². The number of aliphatic carboxylic acids is 1. The first-order valence-corrected chi connectivity index (χ1v) is 6.49. The van der Waals surface area contributed by atoms with Crippen LogP contribution in [0.5, 0.6) is 0 Å². The Labute approximate surface area is 109 Å². The second kappa shape index (κ2) is 5.19. The number of carboxylic acid groups (broad SMARTS) is 1. The van der Waals surface area contributed by atoms with Crippen LogP contribution in [0.15, 0.2) is 28.7 Å². The molecule has 1 aliphatic rings. The molecule has 0 aliphatic heterocycles. The van der Waals surface area contributed by atoms with Crippen molar-refractivity contribution < 1.29 is 14.6 Å². The van der Waals surface area contributed by atoms with Gasteiger partial charge in [-0.1, -0.05) is 28.1 Å². The van der Waals surface area contributed by atoms with Gasteiger partial charge in [0.25, 0.3) is 0 Å². The van der Waals surface area contributed by atoms with Crippen molar-refractivity contribution in [2.24, 2.45) is 0 Å². The minimum Gasteiger partial charge on any atom is -0.481 e. The number of rotatable bonds is 5. The molecule has 0 radical (unpaired) electrons. The molecule has 0 atom stereocenters. The van der Waals surface area contributed by atoms with Crippen molar-refractivity contribution in [1.82, 2.24) is 0 Å². The van der Waals surface area contributed by atoms with Crippen LogP contribution in [-0.2, 0) is 16.1 Å². The topological polar surface area (TPSA) is 46.5 Å². The van der Waals surface area contributed by atoms with E-state index in [4.69, 9.17) is 9.84 Å². The third kappa shape index (κ3) is 3.30. The highest BCUT2D eigenvalue weighted by molar-refractivity contribution is 9.10. The zero-order valence-electron chi connectivity index (χ0n) is 9.49. The molecule has 0 unspecified atom stereocenters. The fraction of sp³-hybridized carbons (Fsp3) is 0.462. The van der Waals surface area contributed by atoms with E-state index >= 15 is 0 Å². The van der Waals surface area contributed by atoms with E-state index in [1.807, 2.05) is 24.3 Å². The Morgan fingerprint density at radius 1 is 1.35 bits per heavy atom. The van der Waals surface area contributed by atoms with Gasteiger partial charge >= 0.3 is 5.97 Å². The molecule has 17 heavy (non-hydrogen) atoms. The van der Waals surface area contributed by atoms with Gasteiger partial charge in [-0.15, -0.1) is 0 Å². The molecule has 1 aliphatic carbocycles. The number of hydrogen-bond acceptors (Lipinski definition) is 2. The molecule has 1 saturated carbocycles. The van der Waals surface area contributed by atoms with Crippen molar-refractivity contribution in [3.05, 3.63) is 34.3 Å². The predicted molar refractivity (Wildman–Crippen MR) is 67.8 cm³/mol. The molecule has 1 N–H and O–H groups in total. The smallest absolute Gasteiger partial charge is 0.306 e. The predicted octanol–water partition coefficient (Wildman–Crippen LogP) is 3.36. The summed E-state index contributed by atoms with van der Waals surface area (Å²) in [5, 5.41) is 8.86. The molecule has 3 nitrogen and oxygen atoms in total.